The minimum atomic E-state index is -4.50. The number of aliphatic hydroxyl groups is 1. The fourth-order valence-electron chi connectivity index (χ4n) is 1.80. The lowest BCUT2D eigenvalue weighted by Crippen LogP contribution is -2.49. The number of nitrogens with two attached hydrogens (primary N) is 1. The van der Waals surface area contributed by atoms with Crippen molar-refractivity contribution in [3.05, 3.63) is 35.4 Å². The van der Waals surface area contributed by atoms with Crippen molar-refractivity contribution in [1.29, 1.82) is 0 Å². The van der Waals surface area contributed by atoms with Crippen molar-refractivity contribution in [3.8, 4) is 0 Å². The molecule has 0 radical (unpaired) electrons. The maximum atomic E-state index is 12.4. The molecule has 122 valence electrons. The monoisotopic (exact) mass is 318 g/mol. The molecule has 22 heavy (non-hydrogen) atoms. The second kappa shape index (κ2) is 6.78. The van der Waals surface area contributed by atoms with Gasteiger partial charge >= 0.3 is 6.18 Å². The summed E-state index contributed by atoms with van der Waals surface area (Å²) in [6.45, 7) is 3.31. The average molecular weight is 318 g/mol. The minimum absolute atomic E-state index is 0.0162. The van der Waals surface area contributed by atoms with Gasteiger partial charge in [-0.05, 0) is 23.6 Å². The van der Waals surface area contributed by atoms with E-state index in [-0.39, 0.29) is 11.5 Å². The van der Waals surface area contributed by atoms with E-state index in [4.69, 9.17) is 5.73 Å². The summed E-state index contributed by atoms with van der Waals surface area (Å²) in [5.74, 6) is -1.96. The van der Waals surface area contributed by atoms with Crippen molar-refractivity contribution in [2.45, 2.75) is 32.2 Å². The molecule has 8 heteroatoms. The van der Waals surface area contributed by atoms with Crippen molar-refractivity contribution in [3.63, 3.8) is 0 Å². The Kier molecular flexibility index (Phi) is 5.54. The average Bonchev–Trinajstić information content (AvgIpc) is 2.42. The van der Waals surface area contributed by atoms with Crippen LogP contribution in [0, 0.1) is 5.92 Å². The van der Waals surface area contributed by atoms with Crippen LogP contribution in [0.4, 0.5) is 13.2 Å². The Balaban J connectivity index is 2.85. The molecule has 2 atom stereocenters. The summed E-state index contributed by atoms with van der Waals surface area (Å²) < 4.78 is 37.3. The molecule has 0 aliphatic carbocycles. The number of amides is 2. The van der Waals surface area contributed by atoms with Crippen LogP contribution in [0.25, 0.3) is 0 Å². The number of rotatable bonds is 5. The largest absolute Gasteiger partial charge is 0.416 e. The van der Waals surface area contributed by atoms with Crippen LogP contribution in [0.5, 0.6) is 0 Å². The van der Waals surface area contributed by atoms with Gasteiger partial charge < -0.3 is 16.2 Å². The standard InChI is InChI=1S/C14H17F3N2O3/c1-7(2)10(12(18)21)19-13(22)11(20)8-3-5-9(6-4-8)14(15,16)17/h3-7,10-11,20H,1-2H3,(H2,18,21)(H,19,22)/t10-,11+/m1/s1. The lowest BCUT2D eigenvalue weighted by Gasteiger charge is -2.21. The van der Waals surface area contributed by atoms with E-state index in [1.165, 1.54) is 0 Å². The Labute approximate surface area is 125 Å². The van der Waals surface area contributed by atoms with Crippen LogP contribution in [0.2, 0.25) is 0 Å². The maximum absolute atomic E-state index is 12.4. The van der Waals surface area contributed by atoms with Gasteiger partial charge in [0.2, 0.25) is 5.91 Å². The SMILES string of the molecule is CC(C)[C@@H](NC(=O)[C@@H](O)c1ccc(C(F)(F)F)cc1)C(N)=O. The fraction of sp³-hybridized carbons (Fsp3) is 0.429. The van der Waals surface area contributed by atoms with Gasteiger partial charge in [0.25, 0.3) is 5.91 Å². The fourth-order valence-corrected chi connectivity index (χ4v) is 1.80. The molecule has 2 amide bonds. The van der Waals surface area contributed by atoms with E-state index in [1.54, 1.807) is 13.8 Å². The quantitative estimate of drug-likeness (QED) is 0.765. The Hall–Kier alpha value is -2.09. The number of carbonyl (C=O) groups excluding carboxylic acids is 2. The van der Waals surface area contributed by atoms with Crippen LogP contribution in [0.1, 0.15) is 31.1 Å². The van der Waals surface area contributed by atoms with E-state index >= 15 is 0 Å². The summed E-state index contributed by atoms with van der Waals surface area (Å²) >= 11 is 0. The smallest absolute Gasteiger partial charge is 0.378 e. The zero-order valence-electron chi connectivity index (χ0n) is 12.0. The van der Waals surface area contributed by atoms with Crippen molar-refractivity contribution >= 4 is 11.8 Å². The highest BCUT2D eigenvalue weighted by Gasteiger charge is 2.31. The molecular weight excluding hydrogens is 301 g/mol. The van der Waals surface area contributed by atoms with Crippen molar-refractivity contribution in [2.75, 3.05) is 0 Å². The van der Waals surface area contributed by atoms with E-state index in [9.17, 15) is 27.9 Å². The van der Waals surface area contributed by atoms with E-state index in [0.29, 0.717) is 0 Å². The van der Waals surface area contributed by atoms with E-state index in [0.717, 1.165) is 24.3 Å². The highest BCUT2D eigenvalue weighted by molar-refractivity contribution is 5.89. The number of benzene rings is 1. The Morgan fingerprint density at radius 3 is 2.05 bits per heavy atom. The maximum Gasteiger partial charge on any atom is 0.416 e. The third-order valence-corrected chi connectivity index (χ3v) is 3.07. The number of hydrogen-bond acceptors (Lipinski definition) is 3. The summed E-state index contributed by atoms with van der Waals surface area (Å²) in [6.07, 6.45) is -6.19. The summed E-state index contributed by atoms with van der Waals surface area (Å²) in [5, 5.41) is 12.1. The number of aliphatic hydroxyl groups excluding tert-OH is 1. The Bertz CT molecular complexity index is 541. The normalized spacial score (nSPS) is 14.5. The van der Waals surface area contributed by atoms with Crippen LogP contribution >= 0.6 is 0 Å². The first-order valence-corrected chi connectivity index (χ1v) is 6.49. The van der Waals surface area contributed by atoms with Gasteiger partial charge in [-0.3, -0.25) is 9.59 Å². The van der Waals surface area contributed by atoms with Gasteiger partial charge in [0.15, 0.2) is 6.10 Å². The lowest BCUT2D eigenvalue weighted by atomic mass is 10.0. The highest BCUT2D eigenvalue weighted by Crippen LogP contribution is 2.29. The topological polar surface area (TPSA) is 92.4 Å². The van der Waals surface area contributed by atoms with Gasteiger partial charge in [0.1, 0.15) is 6.04 Å². The van der Waals surface area contributed by atoms with Crippen molar-refractivity contribution in [2.24, 2.45) is 11.7 Å². The van der Waals surface area contributed by atoms with Crippen LogP contribution < -0.4 is 11.1 Å². The molecule has 0 spiro atoms. The molecule has 0 fully saturated rings. The van der Waals surface area contributed by atoms with Gasteiger partial charge in [-0.25, -0.2) is 0 Å². The van der Waals surface area contributed by atoms with E-state index in [2.05, 4.69) is 5.32 Å². The summed E-state index contributed by atoms with van der Waals surface area (Å²) in [7, 11) is 0. The molecular formula is C14H17F3N2O3. The molecule has 0 saturated heterocycles. The first-order valence-electron chi connectivity index (χ1n) is 6.49. The number of hydrogen-bond donors (Lipinski definition) is 3. The minimum Gasteiger partial charge on any atom is -0.378 e. The molecule has 1 aromatic rings. The van der Waals surface area contributed by atoms with E-state index < -0.39 is 35.7 Å². The van der Waals surface area contributed by atoms with Gasteiger partial charge in [0, 0.05) is 0 Å². The van der Waals surface area contributed by atoms with Gasteiger partial charge in [0.05, 0.1) is 5.56 Å². The molecule has 4 N–H and O–H groups in total. The lowest BCUT2D eigenvalue weighted by molar-refractivity contribution is -0.137. The first-order chi connectivity index (χ1) is 10.0. The van der Waals surface area contributed by atoms with Crippen LogP contribution in [0.3, 0.4) is 0 Å². The van der Waals surface area contributed by atoms with Crippen LogP contribution in [-0.4, -0.2) is 23.0 Å². The molecule has 5 nitrogen and oxygen atoms in total. The molecule has 0 heterocycles. The van der Waals surface area contributed by atoms with Gasteiger partial charge in [-0.15, -0.1) is 0 Å². The second-order valence-electron chi connectivity index (χ2n) is 5.15. The highest BCUT2D eigenvalue weighted by atomic mass is 19.4. The summed E-state index contributed by atoms with van der Waals surface area (Å²) in [4.78, 5) is 23.0. The molecule has 0 aromatic heterocycles. The zero-order chi connectivity index (χ0) is 17.1. The van der Waals surface area contributed by atoms with Crippen LogP contribution in [-0.2, 0) is 15.8 Å². The van der Waals surface area contributed by atoms with Crippen molar-refractivity contribution in [1.82, 2.24) is 5.32 Å². The Morgan fingerprint density at radius 2 is 1.68 bits per heavy atom. The number of halogens is 3. The molecule has 0 bridgehead atoms. The molecule has 0 unspecified atom stereocenters. The zero-order valence-corrected chi connectivity index (χ0v) is 12.0. The number of alkyl halides is 3. The molecule has 0 aliphatic heterocycles. The molecule has 0 saturated carbocycles. The van der Waals surface area contributed by atoms with Gasteiger partial charge in [-0.1, -0.05) is 26.0 Å². The van der Waals surface area contributed by atoms with Crippen molar-refractivity contribution < 1.29 is 27.9 Å². The third-order valence-electron chi connectivity index (χ3n) is 3.07. The second-order valence-corrected chi connectivity index (χ2v) is 5.15. The number of carbonyl (C=O) groups is 2. The number of primary amides is 1. The molecule has 0 aliphatic rings. The third kappa shape index (κ3) is 4.45. The predicted octanol–water partition coefficient (Wildman–Crippen LogP) is 1.36. The van der Waals surface area contributed by atoms with E-state index in [1.807, 2.05) is 0 Å². The van der Waals surface area contributed by atoms with Gasteiger partial charge in [-0.2, -0.15) is 13.2 Å². The molecule has 1 aromatic carbocycles. The summed E-state index contributed by atoms with van der Waals surface area (Å²) in [5.41, 5.74) is 4.23. The predicted molar refractivity (Wildman–Crippen MR) is 72.4 cm³/mol. The Morgan fingerprint density at radius 1 is 1.18 bits per heavy atom. The molecule has 1 rings (SSSR count). The number of nitrogens with one attached hydrogen (secondary N) is 1. The first kappa shape index (κ1) is 18.0. The summed E-state index contributed by atoms with van der Waals surface area (Å²) in [6, 6.07) is 2.56. The van der Waals surface area contributed by atoms with Crippen LogP contribution in [0.15, 0.2) is 24.3 Å².